The third-order valence-corrected chi connectivity index (χ3v) is 19.3. The van der Waals surface area contributed by atoms with Gasteiger partial charge in [-0.25, -0.2) is 0 Å². The van der Waals surface area contributed by atoms with Gasteiger partial charge in [0.25, 0.3) is 0 Å². The fourth-order valence-electron chi connectivity index (χ4n) is 11.7. The van der Waals surface area contributed by atoms with E-state index in [1.807, 2.05) is 71.2 Å². The number of carbonyl (C=O) groups excluding carboxylic acids is 2. The number of rotatable bonds is 2. The molecule has 0 bridgehead atoms. The summed E-state index contributed by atoms with van der Waals surface area (Å²) in [5.41, 5.74) is 9.41. The Bertz CT molecular complexity index is 3150. The molecule has 2 saturated carbocycles. The average Bonchev–Trinajstić information content (AvgIpc) is 4.18. The molecule has 2 aromatic carbocycles. The van der Waals surface area contributed by atoms with Gasteiger partial charge >= 0.3 is 0 Å². The summed E-state index contributed by atoms with van der Waals surface area (Å²) < 4.78 is 2.84. The molecule has 0 amide bonds. The normalized spacial score (nSPS) is 19.5. The minimum absolute atomic E-state index is 0.0442. The van der Waals surface area contributed by atoms with Gasteiger partial charge in [0.05, 0.1) is 19.2 Å². The van der Waals surface area contributed by atoms with Gasteiger partial charge in [-0.2, -0.15) is 21.0 Å². The average molecular weight is 873 g/mol. The number of hydrogen-bond acceptors (Lipinski definition) is 10. The van der Waals surface area contributed by atoms with E-state index in [-0.39, 0.29) is 33.5 Å². The molecule has 62 heavy (non-hydrogen) atoms. The van der Waals surface area contributed by atoms with Crippen molar-refractivity contribution in [2.45, 2.75) is 75.0 Å². The van der Waals surface area contributed by atoms with Crippen LogP contribution in [0, 0.1) is 45.3 Å². The number of hydrogen-bond donors (Lipinski definition) is 0. The number of nitrogens with zero attached hydrogens (tertiary/aromatic N) is 4. The SMILES string of the molecule is N#CC(C#N)=C1/C(=C/c2cc3c(s2)-c2sc4c5c(sc4c2C32CCCCC2)-c2sc(/C=C3\C(=O)c4ccccc4C3=C(C#N)C#N)cc2C52CCCCC2)C(=O)c2ccccc21. The summed E-state index contributed by atoms with van der Waals surface area (Å²) in [5.74, 6) is -0.300. The molecule has 0 N–H and O–H groups in total. The van der Waals surface area contributed by atoms with Crippen LogP contribution >= 0.6 is 45.3 Å². The van der Waals surface area contributed by atoms with Crippen molar-refractivity contribution in [2.75, 3.05) is 0 Å². The Hall–Kier alpha value is -6.24. The second kappa shape index (κ2) is 13.6. The van der Waals surface area contributed by atoms with E-state index in [0.717, 1.165) is 61.1 Å². The molecule has 6 aliphatic rings. The molecule has 0 saturated heterocycles. The van der Waals surface area contributed by atoms with Crippen molar-refractivity contribution in [2.24, 2.45) is 0 Å². The zero-order chi connectivity index (χ0) is 42.1. The molecule has 0 radical (unpaired) electrons. The topological polar surface area (TPSA) is 129 Å². The highest BCUT2D eigenvalue weighted by molar-refractivity contribution is 7.34. The number of thiophene rings is 4. The lowest BCUT2D eigenvalue weighted by atomic mass is 9.67. The quantitative estimate of drug-likeness (QED) is 0.126. The van der Waals surface area contributed by atoms with Crippen LogP contribution in [0.25, 0.3) is 52.2 Å². The van der Waals surface area contributed by atoms with E-state index in [2.05, 4.69) is 36.4 Å². The van der Waals surface area contributed by atoms with Gasteiger partial charge in [0.2, 0.25) is 0 Å². The van der Waals surface area contributed by atoms with Gasteiger partial charge in [0, 0.05) is 74.9 Å². The molecule has 4 aromatic heterocycles. The van der Waals surface area contributed by atoms with Gasteiger partial charge in [-0.15, -0.1) is 45.3 Å². The number of allylic oxidation sites excluding steroid dienone is 6. The first-order valence-corrected chi connectivity index (χ1v) is 24.3. The smallest absolute Gasteiger partial charge is 0.194 e. The number of Topliss-reactive ketones (excluding diaryl/α,β-unsaturated/α-hetero) is 2. The van der Waals surface area contributed by atoms with E-state index in [0.29, 0.717) is 44.5 Å². The Morgan fingerprint density at radius 1 is 0.500 bits per heavy atom. The minimum atomic E-state index is -0.150. The standard InChI is InChI=1S/C52H32N4O2S4/c53-23-27(24-54)39-31-11-3-5-13-33(31)43(57)35(39)19-29-21-37-45(59-29)47-41(51(37)15-7-1-8-16-51)49-50(61-47)42-48(62-49)46-38(52(42)17-9-2-10-18-52)22-30(60-46)20-36-40(28(25-55)26-56)32-12-4-6-14-34(32)44(36)58/h3-6,11-14,19-22H,1-2,7-10,15-18H2/b35-19-,36-20-. The lowest BCUT2D eigenvalue weighted by molar-refractivity contribution is 0.103. The molecule has 10 heteroatoms. The minimum Gasteiger partial charge on any atom is -0.289 e. The van der Waals surface area contributed by atoms with E-state index < -0.39 is 0 Å². The fourth-order valence-corrected chi connectivity index (χ4v) is 17.7. The van der Waals surface area contributed by atoms with Crippen LogP contribution in [0.4, 0.5) is 0 Å². The van der Waals surface area contributed by atoms with Crippen molar-refractivity contribution in [3.8, 4) is 43.8 Å². The predicted molar refractivity (Wildman–Crippen MR) is 248 cm³/mol. The van der Waals surface area contributed by atoms with Crippen molar-refractivity contribution < 1.29 is 9.59 Å². The van der Waals surface area contributed by atoms with Gasteiger partial charge in [0.1, 0.15) is 35.4 Å². The third-order valence-electron chi connectivity index (χ3n) is 14.3. The Morgan fingerprint density at radius 3 is 1.24 bits per heavy atom. The molecule has 12 rings (SSSR count). The molecule has 0 atom stereocenters. The van der Waals surface area contributed by atoms with Gasteiger partial charge in [-0.1, -0.05) is 87.1 Å². The second-order valence-electron chi connectivity index (χ2n) is 17.2. The summed E-state index contributed by atoms with van der Waals surface area (Å²) in [5, 5.41) is 39.8. The van der Waals surface area contributed by atoms with E-state index in [1.165, 1.54) is 64.0 Å². The van der Waals surface area contributed by atoms with Crippen LogP contribution in [-0.4, -0.2) is 11.6 Å². The van der Waals surface area contributed by atoms with Crippen LogP contribution in [-0.2, 0) is 10.8 Å². The number of carbonyl (C=O) groups is 2. The van der Waals surface area contributed by atoms with Crippen LogP contribution in [0.5, 0.6) is 0 Å². The summed E-state index contributed by atoms with van der Waals surface area (Å²) in [6.07, 6.45) is 15.2. The Balaban J connectivity index is 1.02. The third kappa shape index (κ3) is 4.84. The highest BCUT2D eigenvalue weighted by atomic mass is 32.1. The van der Waals surface area contributed by atoms with Crippen molar-refractivity contribution in [1.29, 1.82) is 21.0 Å². The number of benzene rings is 2. The monoisotopic (exact) mass is 872 g/mol. The maximum absolute atomic E-state index is 13.9. The van der Waals surface area contributed by atoms with Crippen molar-refractivity contribution in [3.63, 3.8) is 0 Å². The first-order valence-electron chi connectivity index (χ1n) is 21.1. The van der Waals surface area contributed by atoms with E-state index in [4.69, 9.17) is 0 Å². The summed E-state index contributed by atoms with van der Waals surface area (Å²) in [6.45, 7) is 0. The van der Waals surface area contributed by atoms with Crippen LogP contribution in [0.15, 0.2) is 83.0 Å². The van der Waals surface area contributed by atoms with E-state index in [9.17, 15) is 30.6 Å². The van der Waals surface area contributed by atoms with Crippen molar-refractivity contribution in [1.82, 2.24) is 0 Å². The van der Waals surface area contributed by atoms with Gasteiger partial charge in [-0.05, 0) is 72.2 Å². The molecule has 6 aliphatic carbocycles. The van der Waals surface area contributed by atoms with Crippen molar-refractivity contribution >= 4 is 89.6 Å². The summed E-state index contributed by atoms with van der Waals surface area (Å²) >= 11 is 7.39. The number of nitriles is 4. The first-order chi connectivity index (χ1) is 30.4. The predicted octanol–water partition coefficient (Wildman–Crippen LogP) is 13.7. The molecule has 6 aromatic rings. The van der Waals surface area contributed by atoms with Crippen LogP contribution in [0.3, 0.4) is 0 Å². The second-order valence-corrected chi connectivity index (χ2v) is 21.4. The molecular weight excluding hydrogens is 841 g/mol. The molecule has 0 unspecified atom stereocenters. The lowest BCUT2D eigenvalue weighted by Crippen LogP contribution is -2.28. The molecule has 2 spiro atoms. The summed E-state index contributed by atoms with van der Waals surface area (Å²) in [7, 11) is 0. The lowest BCUT2D eigenvalue weighted by Gasteiger charge is -2.35. The van der Waals surface area contributed by atoms with Gasteiger partial charge in [-0.3, -0.25) is 9.59 Å². The summed E-state index contributed by atoms with van der Waals surface area (Å²) in [6, 6.07) is 27.4. The molecular formula is C52H32N4O2S4. The van der Waals surface area contributed by atoms with E-state index >= 15 is 0 Å². The Kier molecular flexibility index (Phi) is 8.25. The van der Waals surface area contributed by atoms with Crippen molar-refractivity contribution in [3.05, 3.63) is 137 Å². The highest BCUT2D eigenvalue weighted by Gasteiger charge is 2.53. The number of ketones is 2. The molecule has 296 valence electrons. The fraction of sp³-hybridized carbons (Fsp3) is 0.231. The van der Waals surface area contributed by atoms with E-state index in [1.54, 1.807) is 34.8 Å². The molecule has 6 nitrogen and oxygen atoms in total. The van der Waals surface area contributed by atoms with Crippen LogP contribution in [0.2, 0.25) is 0 Å². The van der Waals surface area contributed by atoms with Gasteiger partial charge in [0.15, 0.2) is 11.6 Å². The molecule has 0 aliphatic heterocycles. The Morgan fingerprint density at radius 2 is 0.871 bits per heavy atom. The van der Waals surface area contributed by atoms with Crippen LogP contribution < -0.4 is 0 Å². The largest absolute Gasteiger partial charge is 0.289 e. The van der Waals surface area contributed by atoms with Crippen LogP contribution in [0.1, 0.15) is 128 Å². The molecule has 4 heterocycles. The maximum Gasteiger partial charge on any atom is 0.194 e. The zero-order valence-electron chi connectivity index (χ0n) is 33.2. The number of fused-ring (bicyclic) bond motifs is 15. The summed E-state index contributed by atoms with van der Waals surface area (Å²) in [4.78, 5) is 35.1. The highest BCUT2D eigenvalue weighted by Crippen LogP contribution is 2.69. The van der Waals surface area contributed by atoms with Gasteiger partial charge < -0.3 is 0 Å². The zero-order valence-corrected chi connectivity index (χ0v) is 36.5. The first kappa shape index (κ1) is 37.5. The Labute approximate surface area is 373 Å². The maximum atomic E-state index is 13.9. The molecule has 2 fully saturated rings.